The lowest BCUT2D eigenvalue weighted by atomic mass is 9.70. The molecule has 2 heterocycles. The fraction of sp³-hybridized carbons (Fsp3) is 0.0833. The summed E-state index contributed by atoms with van der Waals surface area (Å²) in [5.74, 6) is 0. The fourth-order valence-corrected chi connectivity index (χ4v) is 9.66. The maximum absolute atomic E-state index is 5.31. The van der Waals surface area contributed by atoms with Gasteiger partial charge < -0.3 is 0 Å². The van der Waals surface area contributed by atoms with Crippen molar-refractivity contribution in [1.82, 2.24) is 9.97 Å². The van der Waals surface area contributed by atoms with Crippen molar-refractivity contribution >= 4 is 11.0 Å². The maximum Gasteiger partial charge on any atom is 0.160 e. The van der Waals surface area contributed by atoms with Crippen LogP contribution in [0.15, 0.2) is 158 Å². The topological polar surface area (TPSA) is 25.8 Å². The van der Waals surface area contributed by atoms with Gasteiger partial charge in [0.1, 0.15) is 0 Å². The van der Waals surface area contributed by atoms with E-state index in [0.29, 0.717) is 0 Å². The molecule has 8 aromatic rings. The average Bonchev–Trinajstić information content (AvgIpc) is 3.73. The molecule has 6 aromatic carbocycles. The first kappa shape index (κ1) is 27.8. The van der Waals surface area contributed by atoms with Crippen molar-refractivity contribution in [3.63, 3.8) is 0 Å². The van der Waals surface area contributed by atoms with Crippen LogP contribution in [0.4, 0.5) is 0 Å². The number of nitrogens with zero attached hydrogens (tertiary/aromatic N) is 2. The zero-order chi connectivity index (χ0) is 33.2. The number of fused-ring (bicyclic) bond motifs is 14. The molecule has 0 bridgehead atoms. The third kappa shape index (κ3) is 3.38. The van der Waals surface area contributed by atoms with Crippen LogP contribution in [0.2, 0.25) is 0 Å². The van der Waals surface area contributed by atoms with E-state index in [4.69, 9.17) is 9.97 Å². The summed E-state index contributed by atoms with van der Waals surface area (Å²) >= 11 is 0. The van der Waals surface area contributed by atoms with Gasteiger partial charge in [-0.2, -0.15) is 0 Å². The van der Waals surface area contributed by atoms with Crippen LogP contribution < -0.4 is 0 Å². The van der Waals surface area contributed by atoms with Crippen LogP contribution in [-0.4, -0.2) is 9.97 Å². The Morgan fingerprint density at radius 1 is 0.420 bits per heavy atom. The zero-order valence-electron chi connectivity index (χ0n) is 27.9. The number of aromatic nitrogens is 2. The SMILES string of the molecule is CC1(C)c2ccccc2-c2ccc(-c3cc(-c4cccc5c4-c4ccccc4C54c5ccccc5-c5ccccc54)nc4ncccc34)cc21. The molecule has 0 aliphatic heterocycles. The van der Waals surface area contributed by atoms with E-state index >= 15 is 0 Å². The molecule has 3 aliphatic rings. The summed E-state index contributed by atoms with van der Waals surface area (Å²) in [7, 11) is 0. The smallest absolute Gasteiger partial charge is 0.160 e. The highest BCUT2D eigenvalue weighted by Gasteiger charge is 2.52. The van der Waals surface area contributed by atoms with Crippen molar-refractivity contribution in [2.24, 2.45) is 0 Å². The van der Waals surface area contributed by atoms with E-state index in [1.807, 2.05) is 12.3 Å². The molecule has 1 spiro atoms. The Kier molecular flexibility index (Phi) is 5.41. The quantitative estimate of drug-likeness (QED) is 0.189. The van der Waals surface area contributed by atoms with Crippen LogP contribution in [0, 0.1) is 0 Å². The molecule has 234 valence electrons. The van der Waals surface area contributed by atoms with E-state index in [2.05, 4.69) is 159 Å². The van der Waals surface area contributed by atoms with Gasteiger partial charge in [-0.25, -0.2) is 9.97 Å². The second kappa shape index (κ2) is 9.74. The molecule has 0 radical (unpaired) electrons. The lowest BCUT2D eigenvalue weighted by molar-refractivity contribution is 0.660. The highest BCUT2D eigenvalue weighted by atomic mass is 14.8. The molecule has 0 N–H and O–H groups in total. The molecule has 0 saturated heterocycles. The highest BCUT2D eigenvalue weighted by Crippen LogP contribution is 2.64. The summed E-state index contributed by atoms with van der Waals surface area (Å²) < 4.78 is 0. The first-order valence-corrected chi connectivity index (χ1v) is 17.5. The van der Waals surface area contributed by atoms with Gasteiger partial charge in [0, 0.05) is 22.6 Å². The summed E-state index contributed by atoms with van der Waals surface area (Å²) in [6, 6.07) is 56.1. The van der Waals surface area contributed by atoms with Gasteiger partial charge >= 0.3 is 0 Å². The van der Waals surface area contributed by atoms with Crippen LogP contribution >= 0.6 is 0 Å². The molecule has 2 aromatic heterocycles. The van der Waals surface area contributed by atoms with Crippen molar-refractivity contribution in [3.8, 4) is 55.8 Å². The Labute approximate surface area is 291 Å². The molecule has 0 unspecified atom stereocenters. The van der Waals surface area contributed by atoms with Gasteiger partial charge in [0.15, 0.2) is 5.65 Å². The van der Waals surface area contributed by atoms with Crippen molar-refractivity contribution in [1.29, 1.82) is 0 Å². The van der Waals surface area contributed by atoms with Crippen LogP contribution in [0.5, 0.6) is 0 Å². The number of pyridine rings is 2. The summed E-state index contributed by atoms with van der Waals surface area (Å²) in [5, 5.41) is 1.06. The maximum atomic E-state index is 5.31. The van der Waals surface area contributed by atoms with Gasteiger partial charge in [0.05, 0.1) is 11.1 Å². The van der Waals surface area contributed by atoms with Crippen LogP contribution in [0.1, 0.15) is 47.2 Å². The molecule has 2 nitrogen and oxygen atoms in total. The summed E-state index contributed by atoms with van der Waals surface area (Å²) in [5.41, 5.74) is 20.6. The number of rotatable bonds is 2. The monoisotopic (exact) mass is 636 g/mol. The van der Waals surface area contributed by atoms with E-state index < -0.39 is 5.41 Å². The first-order chi connectivity index (χ1) is 24.6. The second-order valence-corrected chi connectivity index (χ2v) is 14.5. The third-order valence-corrected chi connectivity index (χ3v) is 11.8. The second-order valence-electron chi connectivity index (χ2n) is 14.5. The van der Waals surface area contributed by atoms with E-state index in [0.717, 1.165) is 27.9 Å². The Morgan fingerprint density at radius 2 is 0.980 bits per heavy atom. The third-order valence-electron chi connectivity index (χ3n) is 11.8. The summed E-state index contributed by atoms with van der Waals surface area (Å²) in [6.07, 6.45) is 1.86. The molecule has 0 amide bonds. The van der Waals surface area contributed by atoms with Gasteiger partial charge in [0.25, 0.3) is 0 Å². The normalized spacial score (nSPS) is 14.9. The molecular formula is C48H32N2. The number of hydrogen-bond acceptors (Lipinski definition) is 2. The molecule has 2 heteroatoms. The molecule has 0 fully saturated rings. The molecule has 11 rings (SSSR count). The summed E-state index contributed by atoms with van der Waals surface area (Å²) in [4.78, 5) is 10.2. The minimum absolute atomic E-state index is 0.0853. The number of hydrogen-bond donors (Lipinski definition) is 0. The predicted octanol–water partition coefficient (Wildman–Crippen LogP) is 11.6. The van der Waals surface area contributed by atoms with Crippen molar-refractivity contribution in [3.05, 3.63) is 191 Å². The Balaban J connectivity index is 1.18. The largest absolute Gasteiger partial charge is 0.237 e. The Hall–Kier alpha value is -6.12. The van der Waals surface area contributed by atoms with Gasteiger partial charge in [0.2, 0.25) is 0 Å². The predicted molar refractivity (Wildman–Crippen MR) is 204 cm³/mol. The minimum Gasteiger partial charge on any atom is -0.237 e. The van der Waals surface area contributed by atoms with Gasteiger partial charge in [-0.15, -0.1) is 0 Å². The average molecular weight is 637 g/mol. The van der Waals surface area contributed by atoms with Crippen molar-refractivity contribution in [2.75, 3.05) is 0 Å². The van der Waals surface area contributed by atoms with Gasteiger partial charge in [-0.1, -0.05) is 141 Å². The van der Waals surface area contributed by atoms with E-state index in [-0.39, 0.29) is 5.41 Å². The van der Waals surface area contributed by atoms with Crippen LogP contribution in [0.3, 0.4) is 0 Å². The highest BCUT2D eigenvalue weighted by molar-refractivity contribution is 6.02. The molecule has 0 saturated carbocycles. The lowest BCUT2D eigenvalue weighted by Crippen LogP contribution is -2.25. The van der Waals surface area contributed by atoms with Gasteiger partial charge in [-0.05, 0) is 102 Å². The summed E-state index contributed by atoms with van der Waals surface area (Å²) in [6.45, 7) is 4.69. The number of benzene rings is 6. The molecule has 3 aliphatic carbocycles. The fourth-order valence-electron chi connectivity index (χ4n) is 9.66. The Bertz CT molecular complexity index is 2700. The van der Waals surface area contributed by atoms with Crippen molar-refractivity contribution in [2.45, 2.75) is 24.7 Å². The Morgan fingerprint density at radius 3 is 1.70 bits per heavy atom. The zero-order valence-corrected chi connectivity index (χ0v) is 27.9. The van der Waals surface area contributed by atoms with Gasteiger partial charge in [-0.3, -0.25) is 0 Å². The van der Waals surface area contributed by atoms with Crippen LogP contribution in [0.25, 0.3) is 66.8 Å². The first-order valence-electron chi connectivity index (χ1n) is 17.5. The molecule has 0 atom stereocenters. The van der Waals surface area contributed by atoms with Crippen LogP contribution in [-0.2, 0) is 10.8 Å². The van der Waals surface area contributed by atoms with E-state index in [1.54, 1.807) is 0 Å². The van der Waals surface area contributed by atoms with E-state index in [9.17, 15) is 0 Å². The van der Waals surface area contributed by atoms with E-state index in [1.165, 1.54) is 72.3 Å². The minimum atomic E-state index is -0.395. The standard InChI is InChI=1S/C48H32N2/c1-47(2)38-19-7-3-13-30(38)33-25-24-29(27-43(33)47)37-28-44(50-46-34(37)18-12-26-49-46)36-17-11-23-42-45(36)35-16-6-10-22-41(35)48(42)39-20-8-4-14-31(39)32-15-5-9-21-40(32)48/h3-28H,1-2H3. The lowest BCUT2D eigenvalue weighted by Gasteiger charge is -2.30. The molecular weight excluding hydrogens is 605 g/mol. The van der Waals surface area contributed by atoms with Crippen molar-refractivity contribution < 1.29 is 0 Å². The molecule has 50 heavy (non-hydrogen) atoms.